The van der Waals surface area contributed by atoms with E-state index in [4.69, 9.17) is 0 Å². The predicted molar refractivity (Wildman–Crippen MR) is 204 cm³/mol. The molecule has 0 spiro atoms. The van der Waals surface area contributed by atoms with Crippen molar-refractivity contribution in [3.8, 4) is 27.9 Å². The highest BCUT2D eigenvalue weighted by Crippen LogP contribution is 2.42. The molecule has 0 saturated carbocycles. The van der Waals surface area contributed by atoms with Gasteiger partial charge in [-0.1, -0.05) is 133 Å². The maximum atomic E-state index is 2.40. The number of rotatable bonds is 6. The van der Waals surface area contributed by atoms with E-state index in [-0.39, 0.29) is 0 Å². The minimum Gasteiger partial charge on any atom is -0.310 e. The lowest BCUT2D eigenvalue weighted by molar-refractivity contribution is 1.18. The van der Waals surface area contributed by atoms with Gasteiger partial charge in [-0.25, -0.2) is 0 Å². The zero-order valence-electron chi connectivity index (χ0n) is 26.4. The highest BCUT2D eigenvalue weighted by atomic mass is 15.1. The van der Waals surface area contributed by atoms with Crippen LogP contribution in [0.5, 0.6) is 0 Å². The Kier molecular flexibility index (Phi) is 6.84. The number of benzene rings is 8. The molecule has 2 nitrogen and oxygen atoms in total. The second kappa shape index (κ2) is 11.8. The summed E-state index contributed by atoms with van der Waals surface area (Å²) in [6.45, 7) is 0. The summed E-state index contributed by atoms with van der Waals surface area (Å²) in [5.74, 6) is 0. The number of fused-ring (bicyclic) bond motifs is 5. The Hall–Kier alpha value is -6.38. The van der Waals surface area contributed by atoms with Gasteiger partial charge in [0.1, 0.15) is 0 Å². The van der Waals surface area contributed by atoms with Gasteiger partial charge in [0, 0.05) is 33.5 Å². The normalized spacial score (nSPS) is 11.3. The van der Waals surface area contributed by atoms with Gasteiger partial charge < -0.3 is 9.47 Å². The zero-order chi connectivity index (χ0) is 31.9. The van der Waals surface area contributed by atoms with Crippen molar-refractivity contribution in [1.82, 2.24) is 4.57 Å². The summed E-state index contributed by atoms with van der Waals surface area (Å²) in [4.78, 5) is 2.37. The fourth-order valence-corrected chi connectivity index (χ4v) is 7.09. The SMILES string of the molecule is c1ccc(-c2ccc(N(c3ccc(-c4ccccc4)cc3)c3ccc4c(c3)c3c5ccccc5ccc3n4-c3ccccc3)cc2)cc1. The van der Waals surface area contributed by atoms with Crippen molar-refractivity contribution >= 4 is 49.6 Å². The van der Waals surface area contributed by atoms with Crippen LogP contribution in [0.25, 0.3) is 60.5 Å². The van der Waals surface area contributed by atoms with Gasteiger partial charge in [0.25, 0.3) is 0 Å². The standard InChI is InChI=1S/C46H32N2/c1-4-12-33(13-5-1)35-20-25-39(26-21-35)47(40-27-22-36(23-28-40)34-14-6-2-7-15-34)41-29-31-44-43(32-41)46-42-19-11-10-16-37(42)24-30-45(46)48(44)38-17-8-3-9-18-38/h1-32H. The van der Waals surface area contributed by atoms with Gasteiger partial charge in [0.15, 0.2) is 0 Å². The van der Waals surface area contributed by atoms with Crippen molar-refractivity contribution in [2.45, 2.75) is 0 Å². The van der Waals surface area contributed by atoms with E-state index >= 15 is 0 Å². The highest BCUT2D eigenvalue weighted by molar-refractivity contribution is 6.22. The molecule has 0 unspecified atom stereocenters. The van der Waals surface area contributed by atoms with Gasteiger partial charge in [0.05, 0.1) is 11.0 Å². The van der Waals surface area contributed by atoms with Gasteiger partial charge in [-0.3, -0.25) is 0 Å². The smallest absolute Gasteiger partial charge is 0.0547 e. The Morgan fingerprint density at radius 2 is 0.812 bits per heavy atom. The Labute approximate surface area is 280 Å². The average Bonchev–Trinajstić information content (AvgIpc) is 3.51. The lowest BCUT2D eigenvalue weighted by Gasteiger charge is -2.26. The molecular formula is C46H32N2. The van der Waals surface area contributed by atoms with Crippen molar-refractivity contribution < 1.29 is 0 Å². The second-order valence-corrected chi connectivity index (χ2v) is 12.2. The topological polar surface area (TPSA) is 8.17 Å². The Morgan fingerprint density at radius 3 is 1.42 bits per heavy atom. The third-order valence-corrected chi connectivity index (χ3v) is 9.38. The molecule has 48 heavy (non-hydrogen) atoms. The Balaban J connectivity index is 1.26. The molecule has 0 bridgehead atoms. The van der Waals surface area contributed by atoms with Crippen LogP contribution in [0.3, 0.4) is 0 Å². The maximum Gasteiger partial charge on any atom is 0.0547 e. The lowest BCUT2D eigenvalue weighted by Crippen LogP contribution is -2.10. The first kappa shape index (κ1) is 27.9. The first-order valence-corrected chi connectivity index (χ1v) is 16.4. The number of hydrogen-bond acceptors (Lipinski definition) is 1. The van der Waals surface area contributed by atoms with E-state index in [0.29, 0.717) is 0 Å². The number of anilines is 3. The van der Waals surface area contributed by atoms with Crippen molar-refractivity contribution in [2.75, 3.05) is 4.90 Å². The van der Waals surface area contributed by atoms with E-state index < -0.39 is 0 Å². The van der Waals surface area contributed by atoms with Crippen LogP contribution < -0.4 is 4.90 Å². The molecule has 9 rings (SSSR count). The predicted octanol–water partition coefficient (Wildman–Crippen LogP) is 12.7. The third-order valence-electron chi connectivity index (χ3n) is 9.38. The van der Waals surface area contributed by atoms with E-state index in [0.717, 1.165) is 22.7 Å². The maximum absolute atomic E-state index is 2.40. The van der Waals surface area contributed by atoms with Crippen LogP contribution in [0.15, 0.2) is 194 Å². The molecule has 8 aromatic carbocycles. The average molecular weight is 613 g/mol. The monoisotopic (exact) mass is 612 g/mol. The molecule has 9 aromatic rings. The van der Waals surface area contributed by atoms with E-state index in [9.17, 15) is 0 Å². The molecule has 0 aliphatic carbocycles. The molecule has 1 heterocycles. The van der Waals surface area contributed by atoms with Crippen LogP contribution in [0.1, 0.15) is 0 Å². The second-order valence-electron chi connectivity index (χ2n) is 12.2. The summed E-state index contributed by atoms with van der Waals surface area (Å²) in [7, 11) is 0. The lowest BCUT2D eigenvalue weighted by atomic mass is 10.0. The van der Waals surface area contributed by atoms with Gasteiger partial charge in [0.2, 0.25) is 0 Å². The quantitative estimate of drug-likeness (QED) is 0.181. The van der Waals surface area contributed by atoms with Crippen LogP contribution in [-0.2, 0) is 0 Å². The molecule has 0 aliphatic heterocycles. The minimum atomic E-state index is 1.11. The van der Waals surface area contributed by atoms with Crippen LogP contribution in [-0.4, -0.2) is 4.57 Å². The van der Waals surface area contributed by atoms with Crippen molar-refractivity contribution in [1.29, 1.82) is 0 Å². The van der Waals surface area contributed by atoms with E-state index in [2.05, 4.69) is 204 Å². The Bertz CT molecular complexity index is 2430. The summed E-state index contributed by atoms with van der Waals surface area (Å²) in [5, 5.41) is 5.01. The van der Waals surface area contributed by atoms with Gasteiger partial charge in [-0.2, -0.15) is 0 Å². The largest absolute Gasteiger partial charge is 0.310 e. The summed E-state index contributed by atoms with van der Waals surface area (Å²) in [5.41, 5.74) is 11.7. The zero-order valence-corrected chi connectivity index (χ0v) is 26.4. The number of para-hydroxylation sites is 1. The first-order valence-electron chi connectivity index (χ1n) is 16.4. The molecule has 1 aromatic heterocycles. The minimum absolute atomic E-state index is 1.11. The summed E-state index contributed by atoms with van der Waals surface area (Å²) in [6.07, 6.45) is 0. The first-order chi connectivity index (χ1) is 23.8. The fraction of sp³-hybridized carbons (Fsp3) is 0. The molecule has 0 aliphatic rings. The fourth-order valence-electron chi connectivity index (χ4n) is 7.09. The van der Waals surface area contributed by atoms with E-state index in [1.165, 1.54) is 54.8 Å². The molecule has 0 amide bonds. The van der Waals surface area contributed by atoms with Crippen LogP contribution in [0.4, 0.5) is 17.1 Å². The number of hydrogen-bond donors (Lipinski definition) is 0. The van der Waals surface area contributed by atoms with Crippen LogP contribution in [0, 0.1) is 0 Å². The summed E-state index contributed by atoms with van der Waals surface area (Å²) in [6, 6.07) is 69.8. The molecular weight excluding hydrogens is 581 g/mol. The molecule has 0 radical (unpaired) electrons. The molecule has 226 valence electrons. The number of nitrogens with zero attached hydrogens (tertiary/aromatic N) is 2. The molecule has 2 heteroatoms. The van der Waals surface area contributed by atoms with Crippen molar-refractivity contribution in [2.24, 2.45) is 0 Å². The van der Waals surface area contributed by atoms with Crippen LogP contribution >= 0.6 is 0 Å². The molecule has 0 fully saturated rings. The van der Waals surface area contributed by atoms with Crippen LogP contribution in [0.2, 0.25) is 0 Å². The van der Waals surface area contributed by atoms with E-state index in [1.54, 1.807) is 0 Å². The van der Waals surface area contributed by atoms with Gasteiger partial charge in [-0.05, 0) is 93.7 Å². The molecule has 0 N–H and O–H groups in total. The molecule has 0 saturated heterocycles. The number of aromatic nitrogens is 1. The Morgan fingerprint density at radius 1 is 0.333 bits per heavy atom. The van der Waals surface area contributed by atoms with Crippen molar-refractivity contribution in [3.05, 3.63) is 194 Å². The molecule has 0 atom stereocenters. The van der Waals surface area contributed by atoms with Gasteiger partial charge in [-0.15, -0.1) is 0 Å². The van der Waals surface area contributed by atoms with E-state index in [1.807, 2.05) is 0 Å². The summed E-state index contributed by atoms with van der Waals surface area (Å²) >= 11 is 0. The van der Waals surface area contributed by atoms with Gasteiger partial charge >= 0.3 is 0 Å². The van der Waals surface area contributed by atoms with Crippen molar-refractivity contribution in [3.63, 3.8) is 0 Å². The third kappa shape index (κ3) is 4.83. The highest BCUT2D eigenvalue weighted by Gasteiger charge is 2.19. The summed E-state index contributed by atoms with van der Waals surface area (Å²) < 4.78 is 2.40.